The number of thiophene rings is 1. The normalized spacial score (nSPS) is 10.3. The van der Waals surface area contributed by atoms with Crippen molar-refractivity contribution in [2.75, 3.05) is 5.73 Å². The van der Waals surface area contributed by atoms with Gasteiger partial charge >= 0.3 is 0 Å². The van der Waals surface area contributed by atoms with Gasteiger partial charge in [-0.05, 0) is 37.3 Å². The Kier molecular flexibility index (Phi) is 3.98. The number of hydrogen-bond donors (Lipinski definition) is 1. The Morgan fingerprint density at radius 1 is 1.25 bits per heavy atom. The van der Waals surface area contributed by atoms with E-state index in [-0.39, 0.29) is 11.5 Å². The molecule has 0 aliphatic carbocycles. The molecule has 0 aliphatic heterocycles. The summed E-state index contributed by atoms with van der Waals surface area (Å²) in [5.74, 6) is 0.148. The maximum atomic E-state index is 10.8. The van der Waals surface area contributed by atoms with E-state index in [9.17, 15) is 15.4 Å². The van der Waals surface area contributed by atoms with Crippen molar-refractivity contribution in [3.8, 4) is 27.8 Å². The lowest BCUT2D eigenvalue weighted by Gasteiger charge is -2.08. The number of rotatable bonds is 3. The van der Waals surface area contributed by atoms with Gasteiger partial charge < -0.3 is 5.73 Å². The molecule has 0 aliphatic rings. The molecule has 24 heavy (non-hydrogen) atoms. The SMILES string of the molecule is Cc1ccc(-c2cc(-c3ccc([N+](=O)[O-])cc3)nc(N)c2C#N)s1. The second kappa shape index (κ2) is 6.10. The Bertz CT molecular complexity index is 971. The summed E-state index contributed by atoms with van der Waals surface area (Å²) in [6, 6.07) is 13.9. The van der Waals surface area contributed by atoms with Gasteiger partial charge in [0.05, 0.1) is 10.6 Å². The average Bonchev–Trinajstić information content (AvgIpc) is 3.00. The lowest BCUT2D eigenvalue weighted by atomic mass is 10.0. The van der Waals surface area contributed by atoms with E-state index >= 15 is 0 Å². The van der Waals surface area contributed by atoms with Crippen molar-refractivity contribution >= 4 is 22.8 Å². The van der Waals surface area contributed by atoms with Gasteiger partial charge in [0.15, 0.2) is 0 Å². The van der Waals surface area contributed by atoms with Crippen molar-refractivity contribution in [2.45, 2.75) is 6.92 Å². The zero-order chi connectivity index (χ0) is 17.3. The molecule has 7 heteroatoms. The molecule has 0 atom stereocenters. The number of nitrogen functional groups attached to an aromatic ring is 1. The fourth-order valence-corrected chi connectivity index (χ4v) is 3.25. The highest BCUT2D eigenvalue weighted by atomic mass is 32.1. The van der Waals surface area contributed by atoms with Gasteiger partial charge in [0, 0.05) is 33.0 Å². The van der Waals surface area contributed by atoms with E-state index in [4.69, 9.17) is 5.73 Å². The van der Waals surface area contributed by atoms with Crippen molar-refractivity contribution < 1.29 is 4.92 Å². The second-order valence-corrected chi connectivity index (χ2v) is 6.43. The first-order chi connectivity index (χ1) is 11.5. The Balaban J connectivity index is 2.15. The topological polar surface area (TPSA) is 106 Å². The predicted molar refractivity (Wildman–Crippen MR) is 93.5 cm³/mol. The molecule has 0 saturated carbocycles. The van der Waals surface area contributed by atoms with E-state index in [1.807, 2.05) is 19.1 Å². The summed E-state index contributed by atoms with van der Waals surface area (Å²) in [6.45, 7) is 1.99. The molecule has 1 aromatic carbocycles. The number of nitro groups is 1. The van der Waals surface area contributed by atoms with Gasteiger partial charge in [-0.2, -0.15) is 5.26 Å². The van der Waals surface area contributed by atoms with Crippen molar-refractivity contribution in [1.29, 1.82) is 5.26 Å². The number of pyridine rings is 1. The molecule has 118 valence electrons. The van der Waals surface area contributed by atoms with Crippen LogP contribution in [0.3, 0.4) is 0 Å². The number of aromatic nitrogens is 1. The number of nitriles is 1. The molecule has 0 spiro atoms. The van der Waals surface area contributed by atoms with Gasteiger partial charge in [0.2, 0.25) is 0 Å². The summed E-state index contributed by atoms with van der Waals surface area (Å²) >= 11 is 1.57. The first kappa shape index (κ1) is 15.6. The van der Waals surface area contributed by atoms with Crippen LogP contribution in [0, 0.1) is 28.4 Å². The van der Waals surface area contributed by atoms with Crippen LogP contribution in [0.2, 0.25) is 0 Å². The van der Waals surface area contributed by atoms with E-state index in [1.165, 1.54) is 12.1 Å². The molecule has 0 unspecified atom stereocenters. The molecule has 0 fully saturated rings. The quantitative estimate of drug-likeness (QED) is 0.571. The van der Waals surface area contributed by atoms with Gasteiger partial charge in [-0.1, -0.05) is 0 Å². The van der Waals surface area contributed by atoms with Gasteiger partial charge in [-0.3, -0.25) is 10.1 Å². The van der Waals surface area contributed by atoms with E-state index < -0.39 is 4.92 Å². The molecule has 2 heterocycles. The van der Waals surface area contributed by atoms with Crippen molar-refractivity contribution in [1.82, 2.24) is 4.98 Å². The minimum atomic E-state index is -0.454. The van der Waals surface area contributed by atoms with E-state index in [0.717, 1.165) is 15.3 Å². The van der Waals surface area contributed by atoms with E-state index in [1.54, 1.807) is 29.5 Å². The third kappa shape index (κ3) is 2.83. The molecular weight excluding hydrogens is 324 g/mol. The molecule has 0 amide bonds. The van der Waals surface area contributed by atoms with E-state index in [0.29, 0.717) is 16.8 Å². The average molecular weight is 336 g/mol. The van der Waals surface area contributed by atoms with Crippen LogP contribution in [0.4, 0.5) is 11.5 Å². The molecule has 3 rings (SSSR count). The van der Waals surface area contributed by atoms with Gasteiger partial charge in [0.25, 0.3) is 5.69 Å². The number of nitrogens with zero attached hydrogens (tertiary/aromatic N) is 3. The summed E-state index contributed by atoms with van der Waals surface area (Å²) in [5, 5.41) is 20.1. The monoisotopic (exact) mass is 336 g/mol. The van der Waals surface area contributed by atoms with E-state index in [2.05, 4.69) is 11.1 Å². The zero-order valence-corrected chi connectivity index (χ0v) is 13.5. The van der Waals surface area contributed by atoms with Crippen LogP contribution in [0.25, 0.3) is 21.7 Å². The molecule has 0 radical (unpaired) electrons. The summed E-state index contributed by atoms with van der Waals surface area (Å²) in [5.41, 5.74) is 8.29. The number of hydrogen-bond acceptors (Lipinski definition) is 6. The van der Waals surface area contributed by atoms with Gasteiger partial charge in [-0.15, -0.1) is 11.3 Å². The highest BCUT2D eigenvalue weighted by Crippen LogP contribution is 2.35. The maximum absolute atomic E-state index is 10.8. The highest BCUT2D eigenvalue weighted by Gasteiger charge is 2.15. The van der Waals surface area contributed by atoms with Crippen LogP contribution in [0.5, 0.6) is 0 Å². The van der Waals surface area contributed by atoms with Gasteiger partial charge in [0.1, 0.15) is 17.5 Å². The summed E-state index contributed by atoms with van der Waals surface area (Å²) < 4.78 is 0. The second-order valence-electron chi connectivity index (χ2n) is 5.14. The minimum Gasteiger partial charge on any atom is -0.383 e. The number of nitro benzene ring substituents is 1. The van der Waals surface area contributed by atoms with Crippen LogP contribution < -0.4 is 5.73 Å². The van der Waals surface area contributed by atoms with Gasteiger partial charge in [-0.25, -0.2) is 4.98 Å². The first-order valence-electron chi connectivity index (χ1n) is 7.02. The summed E-state index contributed by atoms with van der Waals surface area (Å²) in [7, 11) is 0. The van der Waals surface area contributed by atoms with Crippen LogP contribution in [0.15, 0.2) is 42.5 Å². The lowest BCUT2D eigenvalue weighted by molar-refractivity contribution is -0.384. The Labute approximate surface area is 142 Å². The third-order valence-electron chi connectivity index (χ3n) is 3.54. The molecule has 2 N–H and O–H groups in total. The molecule has 0 saturated heterocycles. The lowest BCUT2D eigenvalue weighted by Crippen LogP contribution is -1.99. The number of nitrogens with two attached hydrogens (primary N) is 1. The predicted octanol–water partition coefficient (Wildman–Crippen LogP) is 4.15. The molecule has 6 nitrogen and oxygen atoms in total. The molecular formula is C17H12N4O2S. The van der Waals surface area contributed by atoms with Crippen molar-refractivity contribution in [3.05, 3.63) is 63.0 Å². The van der Waals surface area contributed by atoms with Crippen LogP contribution in [0.1, 0.15) is 10.4 Å². The zero-order valence-electron chi connectivity index (χ0n) is 12.7. The highest BCUT2D eigenvalue weighted by molar-refractivity contribution is 7.15. The number of non-ortho nitro benzene ring substituents is 1. The number of anilines is 1. The fraction of sp³-hybridized carbons (Fsp3) is 0.0588. The third-order valence-corrected chi connectivity index (χ3v) is 4.57. The Morgan fingerprint density at radius 2 is 1.96 bits per heavy atom. The van der Waals surface area contributed by atoms with Crippen LogP contribution in [-0.2, 0) is 0 Å². The minimum absolute atomic E-state index is 0.00877. The largest absolute Gasteiger partial charge is 0.383 e. The standard InChI is InChI=1S/C17H12N4O2S/c1-10-2-7-16(24-10)13-8-15(20-17(19)14(13)9-18)11-3-5-12(6-4-11)21(22)23/h2-8H,1H3,(H2,19,20). The first-order valence-corrected chi connectivity index (χ1v) is 7.83. The van der Waals surface area contributed by atoms with Crippen LogP contribution in [-0.4, -0.2) is 9.91 Å². The maximum Gasteiger partial charge on any atom is 0.269 e. The van der Waals surface area contributed by atoms with Crippen molar-refractivity contribution in [2.24, 2.45) is 0 Å². The number of aryl methyl sites for hydroxylation is 1. The molecule has 3 aromatic rings. The Morgan fingerprint density at radius 3 is 2.50 bits per heavy atom. The van der Waals surface area contributed by atoms with Crippen molar-refractivity contribution in [3.63, 3.8) is 0 Å². The molecule has 0 bridgehead atoms. The smallest absolute Gasteiger partial charge is 0.269 e. The summed E-state index contributed by atoms with van der Waals surface area (Å²) in [6.07, 6.45) is 0. The fourth-order valence-electron chi connectivity index (χ4n) is 2.36. The molecule has 2 aromatic heterocycles. The number of benzene rings is 1. The van der Waals surface area contributed by atoms with Crippen LogP contribution >= 0.6 is 11.3 Å². The Hall–Kier alpha value is -3.24. The summed E-state index contributed by atoms with van der Waals surface area (Å²) in [4.78, 5) is 16.6.